The van der Waals surface area contributed by atoms with E-state index in [0.717, 1.165) is 0 Å². The first kappa shape index (κ1) is 16.8. The third kappa shape index (κ3) is 3.13. The lowest BCUT2D eigenvalue weighted by atomic mass is 10.1. The van der Waals surface area contributed by atoms with Gasteiger partial charge in [0.25, 0.3) is 10.0 Å². The molecule has 2 aromatic rings. The van der Waals surface area contributed by atoms with Gasteiger partial charge in [0.2, 0.25) is 6.79 Å². The van der Waals surface area contributed by atoms with Gasteiger partial charge in [-0.3, -0.25) is 9.52 Å². The molecule has 8 nitrogen and oxygen atoms in total. The fourth-order valence-electron chi connectivity index (χ4n) is 2.40. The molecular weight excluding hydrogens is 350 g/mol. The van der Waals surface area contributed by atoms with Crippen LogP contribution in [0.2, 0.25) is 0 Å². The lowest BCUT2D eigenvalue weighted by Gasteiger charge is -2.13. The molecular formula is C16H13NO7S. The maximum atomic E-state index is 12.6. The summed E-state index contributed by atoms with van der Waals surface area (Å²) in [6, 6.07) is 7.90. The van der Waals surface area contributed by atoms with Gasteiger partial charge in [-0.1, -0.05) is 12.1 Å². The molecule has 0 amide bonds. The number of ether oxygens (including phenoxy) is 2. The number of aromatic carboxylic acids is 1. The van der Waals surface area contributed by atoms with Crippen LogP contribution in [0.4, 0.5) is 5.69 Å². The van der Waals surface area contributed by atoms with Crippen molar-refractivity contribution in [2.24, 2.45) is 0 Å². The number of fused-ring (bicyclic) bond motifs is 1. The number of carbonyl (C=O) groups excluding carboxylic acids is 1. The van der Waals surface area contributed by atoms with Gasteiger partial charge in [-0.2, -0.15) is 0 Å². The first-order valence-electron chi connectivity index (χ1n) is 7.09. The van der Waals surface area contributed by atoms with Crippen LogP contribution in [0.1, 0.15) is 27.6 Å². The minimum absolute atomic E-state index is 0.0167. The highest BCUT2D eigenvalue weighted by Crippen LogP contribution is 2.38. The molecule has 1 aliphatic rings. The highest BCUT2D eigenvalue weighted by Gasteiger charge is 2.26. The molecule has 1 heterocycles. The van der Waals surface area contributed by atoms with Gasteiger partial charge in [0.15, 0.2) is 17.3 Å². The van der Waals surface area contributed by atoms with Gasteiger partial charge in [-0.25, -0.2) is 13.2 Å². The third-order valence-corrected chi connectivity index (χ3v) is 4.97. The maximum Gasteiger partial charge on any atom is 0.337 e. The fourth-order valence-corrected chi connectivity index (χ4v) is 3.67. The molecule has 0 bridgehead atoms. The predicted molar refractivity (Wildman–Crippen MR) is 86.8 cm³/mol. The number of nitrogens with one attached hydrogen (secondary N) is 1. The summed E-state index contributed by atoms with van der Waals surface area (Å²) in [4.78, 5) is 22.7. The molecule has 130 valence electrons. The Morgan fingerprint density at radius 3 is 2.36 bits per heavy atom. The number of carbonyl (C=O) groups is 2. The lowest BCUT2D eigenvalue weighted by molar-refractivity contribution is 0.0692. The summed E-state index contributed by atoms with van der Waals surface area (Å²) in [5.74, 6) is -1.14. The number of rotatable bonds is 5. The highest BCUT2D eigenvalue weighted by atomic mass is 32.2. The first-order valence-corrected chi connectivity index (χ1v) is 8.57. The van der Waals surface area contributed by atoms with Crippen LogP contribution in [0, 0.1) is 0 Å². The minimum Gasteiger partial charge on any atom is -0.478 e. The molecule has 3 rings (SSSR count). The van der Waals surface area contributed by atoms with Crippen molar-refractivity contribution in [3.63, 3.8) is 0 Å². The molecule has 0 unspecified atom stereocenters. The SMILES string of the molecule is CC(=O)c1cc2c(cc1NS(=O)(=O)c1ccccc1C(=O)O)OCO2. The van der Waals surface area contributed by atoms with Crippen molar-refractivity contribution in [1.29, 1.82) is 0 Å². The normalized spacial score (nSPS) is 12.7. The second-order valence-electron chi connectivity index (χ2n) is 5.21. The number of hydrogen-bond acceptors (Lipinski definition) is 6. The Balaban J connectivity index is 2.08. The largest absolute Gasteiger partial charge is 0.478 e. The molecule has 0 radical (unpaired) electrons. The Labute approximate surface area is 143 Å². The molecule has 0 saturated carbocycles. The average Bonchev–Trinajstić information content (AvgIpc) is 3.00. The summed E-state index contributed by atoms with van der Waals surface area (Å²) < 4.78 is 37.9. The number of anilines is 1. The van der Waals surface area contributed by atoms with Crippen LogP contribution >= 0.6 is 0 Å². The lowest BCUT2D eigenvalue weighted by Crippen LogP contribution is -2.18. The van der Waals surface area contributed by atoms with Crippen LogP contribution in [0.25, 0.3) is 0 Å². The smallest absolute Gasteiger partial charge is 0.337 e. The Morgan fingerprint density at radius 1 is 1.08 bits per heavy atom. The zero-order valence-corrected chi connectivity index (χ0v) is 13.8. The zero-order chi connectivity index (χ0) is 18.2. The maximum absolute atomic E-state index is 12.6. The summed E-state index contributed by atoms with van der Waals surface area (Å²) in [5, 5.41) is 9.18. The van der Waals surface area contributed by atoms with Crippen molar-refractivity contribution in [3.8, 4) is 11.5 Å². The van der Waals surface area contributed by atoms with Gasteiger partial charge < -0.3 is 14.6 Å². The number of carboxylic acid groups (broad SMARTS) is 1. The van der Waals surface area contributed by atoms with Crippen LogP contribution in [0.15, 0.2) is 41.3 Å². The van der Waals surface area contributed by atoms with E-state index in [4.69, 9.17) is 9.47 Å². The minimum atomic E-state index is -4.24. The van der Waals surface area contributed by atoms with Crippen LogP contribution in [0.3, 0.4) is 0 Å². The molecule has 9 heteroatoms. The standard InChI is InChI=1S/C16H13NO7S/c1-9(18)11-6-13-14(24-8-23-13)7-12(11)17-25(21,22)15-5-3-2-4-10(15)16(19)20/h2-7,17H,8H2,1H3,(H,19,20). The summed E-state index contributed by atoms with van der Waals surface area (Å²) in [7, 11) is -4.24. The summed E-state index contributed by atoms with van der Waals surface area (Å²) in [5.41, 5.74) is -0.308. The van der Waals surface area contributed by atoms with Crippen LogP contribution in [-0.4, -0.2) is 32.1 Å². The number of hydrogen-bond donors (Lipinski definition) is 2. The van der Waals surface area contributed by atoms with Gasteiger partial charge in [-0.05, 0) is 25.1 Å². The summed E-state index contributed by atoms with van der Waals surface area (Å²) >= 11 is 0. The Hall–Kier alpha value is -3.07. The van der Waals surface area contributed by atoms with Crippen molar-refractivity contribution < 1.29 is 32.6 Å². The zero-order valence-electron chi connectivity index (χ0n) is 13.0. The predicted octanol–water partition coefficient (Wildman–Crippen LogP) is 2.12. The van der Waals surface area contributed by atoms with Crippen LogP contribution < -0.4 is 14.2 Å². The van der Waals surface area contributed by atoms with E-state index in [0.29, 0.717) is 5.75 Å². The molecule has 2 N–H and O–H groups in total. The fraction of sp³-hybridized carbons (Fsp3) is 0.125. The second kappa shape index (κ2) is 6.10. The Bertz CT molecular complexity index is 982. The van der Waals surface area contributed by atoms with Gasteiger partial charge >= 0.3 is 5.97 Å². The second-order valence-corrected chi connectivity index (χ2v) is 6.86. The van der Waals surface area contributed by atoms with Crippen molar-refractivity contribution in [2.75, 3.05) is 11.5 Å². The van der Waals surface area contributed by atoms with Gasteiger partial charge in [0.05, 0.1) is 11.3 Å². The molecule has 0 atom stereocenters. The van der Waals surface area contributed by atoms with E-state index in [1.165, 1.54) is 43.3 Å². The van der Waals surface area contributed by atoms with Gasteiger partial charge in [-0.15, -0.1) is 0 Å². The molecule has 0 saturated heterocycles. The van der Waals surface area contributed by atoms with Crippen molar-refractivity contribution >= 4 is 27.5 Å². The molecule has 0 aromatic heterocycles. The molecule has 0 fully saturated rings. The number of carboxylic acids is 1. The quantitative estimate of drug-likeness (QED) is 0.781. The topological polar surface area (TPSA) is 119 Å². The molecule has 2 aromatic carbocycles. The van der Waals surface area contributed by atoms with E-state index in [1.54, 1.807) is 0 Å². The van der Waals surface area contributed by atoms with E-state index >= 15 is 0 Å². The Kier molecular flexibility index (Phi) is 4.09. The monoisotopic (exact) mass is 363 g/mol. The number of sulfonamides is 1. The van der Waals surface area contributed by atoms with E-state index in [1.807, 2.05) is 0 Å². The van der Waals surface area contributed by atoms with Crippen LogP contribution in [-0.2, 0) is 10.0 Å². The Morgan fingerprint density at radius 2 is 1.72 bits per heavy atom. The van der Waals surface area contributed by atoms with Crippen molar-refractivity contribution in [1.82, 2.24) is 0 Å². The molecule has 0 aliphatic carbocycles. The van der Waals surface area contributed by atoms with Gasteiger partial charge in [0.1, 0.15) is 4.90 Å². The molecule has 0 spiro atoms. The number of Topliss-reactive ketones (excluding diaryl/α,β-unsaturated/α-hetero) is 1. The third-order valence-electron chi connectivity index (χ3n) is 3.54. The first-order chi connectivity index (χ1) is 11.8. The summed E-state index contributed by atoms with van der Waals surface area (Å²) in [6.07, 6.45) is 0. The van der Waals surface area contributed by atoms with E-state index in [9.17, 15) is 23.1 Å². The average molecular weight is 363 g/mol. The van der Waals surface area contributed by atoms with E-state index in [-0.39, 0.29) is 35.1 Å². The van der Waals surface area contributed by atoms with Crippen molar-refractivity contribution in [3.05, 3.63) is 47.5 Å². The van der Waals surface area contributed by atoms with Gasteiger partial charge in [0, 0.05) is 11.6 Å². The molecule has 1 aliphatic heterocycles. The van der Waals surface area contributed by atoms with Crippen LogP contribution in [0.5, 0.6) is 11.5 Å². The van der Waals surface area contributed by atoms with Crippen molar-refractivity contribution in [2.45, 2.75) is 11.8 Å². The molecule has 25 heavy (non-hydrogen) atoms. The highest BCUT2D eigenvalue weighted by molar-refractivity contribution is 7.92. The number of ketones is 1. The number of benzene rings is 2. The van der Waals surface area contributed by atoms with E-state index < -0.39 is 20.9 Å². The van der Waals surface area contributed by atoms with E-state index in [2.05, 4.69) is 4.72 Å². The summed E-state index contributed by atoms with van der Waals surface area (Å²) in [6.45, 7) is 1.24.